The van der Waals surface area contributed by atoms with Crippen molar-refractivity contribution in [3.8, 4) is 5.69 Å². The molecule has 1 atom stereocenters. The third-order valence-electron chi connectivity index (χ3n) is 4.79. The van der Waals surface area contributed by atoms with Gasteiger partial charge in [-0.05, 0) is 57.2 Å². The summed E-state index contributed by atoms with van der Waals surface area (Å²) in [6.45, 7) is 6.64. The number of carbonyl (C=O) groups excluding carboxylic acids is 1. The average molecular weight is 311 g/mol. The highest BCUT2D eigenvalue weighted by atomic mass is 16.1. The number of nitrogens with zero attached hydrogens (tertiary/aromatic N) is 1. The van der Waals surface area contributed by atoms with Gasteiger partial charge in [0.25, 0.3) is 5.91 Å². The Morgan fingerprint density at radius 3 is 2.61 bits per heavy atom. The summed E-state index contributed by atoms with van der Waals surface area (Å²) in [5.41, 5.74) is 10.9. The Kier molecular flexibility index (Phi) is 4.26. The van der Waals surface area contributed by atoms with Crippen molar-refractivity contribution in [2.45, 2.75) is 39.7 Å². The highest BCUT2D eigenvalue weighted by molar-refractivity contribution is 5.96. The molecule has 1 aromatic heterocycles. The van der Waals surface area contributed by atoms with Gasteiger partial charge >= 0.3 is 0 Å². The van der Waals surface area contributed by atoms with Crippen molar-refractivity contribution in [1.82, 2.24) is 9.88 Å². The maximum atomic E-state index is 12.7. The molecule has 2 aromatic rings. The molecule has 0 aliphatic heterocycles. The van der Waals surface area contributed by atoms with Crippen LogP contribution in [0.1, 0.15) is 40.2 Å². The van der Waals surface area contributed by atoms with Crippen molar-refractivity contribution in [2.75, 3.05) is 6.54 Å². The van der Waals surface area contributed by atoms with Gasteiger partial charge in [0.1, 0.15) is 0 Å². The molecule has 1 aliphatic carbocycles. The Morgan fingerprint density at radius 2 is 2.00 bits per heavy atom. The van der Waals surface area contributed by atoms with E-state index in [1.54, 1.807) is 0 Å². The van der Waals surface area contributed by atoms with E-state index in [0.717, 1.165) is 22.6 Å². The van der Waals surface area contributed by atoms with Crippen LogP contribution in [0.5, 0.6) is 0 Å². The maximum Gasteiger partial charge on any atom is 0.253 e. The molecule has 1 fully saturated rings. The lowest BCUT2D eigenvalue weighted by atomic mass is 10.1. The molecule has 4 nitrogen and oxygen atoms in total. The van der Waals surface area contributed by atoms with Gasteiger partial charge in [-0.2, -0.15) is 0 Å². The number of aromatic nitrogens is 1. The number of hydrogen-bond donors (Lipinski definition) is 2. The summed E-state index contributed by atoms with van der Waals surface area (Å²) in [5.74, 6) is 0.545. The van der Waals surface area contributed by atoms with E-state index in [2.05, 4.69) is 28.9 Å². The molecule has 4 heteroatoms. The van der Waals surface area contributed by atoms with Gasteiger partial charge < -0.3 is 15.6 Å². The van der Waals surface area contributed by atoms with Gasteiger partial charge in [-0.25, -0.2) is 0 Å². The van der Waals surface area contributed by atoms with E-state index < -0.39 is 0 Å². The Morgan fingerprint density at radius 1 is 1.30 bits per heavy atom. The maximum absolute atomic E-state index is 12.7. The predicted molar refractivity (Wildman–Crippen MR) is 93.0 cm³/mol. The van der Waals surface area contributed by atoms with Gasteiger partial charge in [-0.1, -0.05) is 18.2 Å². The molecular weight excluding hydrogens is 286 g/mol. The molecule has 0 saturated heterocycles. The van der Waals surface area contributed by atoms with Crippen molar-refractivity contribution < 1.29 is 4.79 Å². The molecule has 1 heterocycles. The van der Waals surface area contributed by atoms with Crippen LogP contribution in [0.3, 0.4) is 0 Å². The molecule has 0 spiro atoms. The lowest BCUT2D eigenvalue weighted by Gasteiger charge is -2.16. The van der Waals surface area contributed by atoms with Crippen LogP contribution in [-0.4, -0.2) is 23.1 Å². The summed E-state index contributed by atoms with van der Waals surface area (Å²) in [5, 5.41) is 3.12. The van der Waals surface area contributed by atoms with E-state index >= 15 is 0 Å². The molecule has 23 heavy (non-hydrogen) atoms. The fourth-order valence-corrected chi connectivity index (χ4v) is 3.29. The fourth-order valence-electron chi connectivity index (χ4n) is 3.29. The first-order valence-corrected chi connectivity index (χ1v) is 8.28. The second-order valence-electron chi connectivity index (χ2n) is 6.56. The first-order chi connectivity index (χ1) is 11.0. The Bertz CT molecular complexity index is 728. The van der Waals surface area contributed by atoms with Gasteiger partial charge in [0.15, 0.2) is 0 Å². The lowest BCUT2D eigenvalue weighted by molar-refractivity contribution is 0.0933. The second kappa shape index (κ2) is 6.20. The SMILES string of the molecule is Cc1ccccc1-n1c(C)cc(C(=O)NC(CN)C2CC2)c1C. The van der Waals surface area contributed by atoms with Crippen molar-refractivity contribution in [1.29, 1.82) is 0 Å². The number of rotatable bonds is 5. The number of hydrogen-bond acceptors (Lipinski definition) is 2. The topological polar surface area (TPSA) is 60.0 Å². The van der Waals surface area contributed by atoms with Crippen LogP contribution in [0.4, 0.5) is 0 Å². The van der Waals surface area contributed by atoms with E-state index in [9.17, 15) is 4.79 Å². The molecule has 0 bridgehead atoms. The first kappa shape index (κ1) is 15.8. The molecule has 1 unspecified atom stereocenters. The van der Waals surface area contributed by atoms with E-state index in [1.807, 2.05) is 32.0 Å². The summed E-state index contributed by atoms with van der Waals surface area (Å²) in [4.78, 5) is 12.7. The van der Waals surface area contributed by atoms with E-state index in [1.165, 1.54) is 18.4 Å². The number of aryl methyl sites for hydroxylation is 2. The summed E-state index contributed by atoms with van der Waals surface area (Å²) < 4.78 is 2.15. The monoisotopic (exact) mass is 311 g/mol. The van der Waals surface area contributed by atoms with Crippen molar-refractivity contribution in [3.63, 3.8) is 0 Å². The minimum absolute atomic E-state index is 0.0136. The highest BCUT2D eigenvalue weighted by Crippen LogP contribution is 2.32. The molecule has 0 radical (unpaired) electrons. The smallest absolute Gasteiger partial charge is 0.253 e. The molecule has 1 aromatic carbocycles. The summed E-state index contributed by atoms with van der Waals surface area (Å²) in [6.07, 6.45) is 2.34. The second-order valence-corrected chi connectivity index (χ2v) is 6.56. The normalized spacial score (nSPS) is 15.5. The van der Waals surface area contributed by atoms with Gasteiger partial charge in [0.2, 0.25) is 0 Å². The fraction of sp³-hybridized carbons (Fsp3) is 0.421. The van der Waals surface area contributed by atoms with Gasteiger partial charge in [0.05, 0.1) is 5.56 Å². The minimum atomic E-state index is -0.0136. The largest absolute Gasteiger partial charge is 0.348 e. The number of nitrogens with one attached hydrogen (secondary N) is 1. The minimum Gasteiger partial charge on any atom is -0.348 e. The first-order valence-electron chi connectivity index (χ1n) is 8.28. The molecule has 3 N–H and O–H groups in total. The summed E-state index contributed by atoms with van der Waals surface area (Å²) in [7, 11) is 0. The molecule has 1 aliphatic rings. The molecule has 1 saturated carbocycles. The number of carbonyl (C=O) groups is 1. The van der Waals surface area contributed by atoms with Crippen LogP contribution in [0.2, 0.25) is 0 Å². The van der Waals surface area contributed by atoms with Crippen molar-refractivity contribution >= 4 is 5.91 Å². The lowest BCUT2D eigenvalue weighted by Crippen LogP contribution is -2.41. The van der Waals surface area contributed by atoms with Crippen LogP contribution < -0.4 is 11.1 Å². The van der Waals surface area contributed by atoms with Crippen LogP contribution >= 0.6 is 0 Å². The Labute approximate surface area is 137 Å². The summed E-state index contributed by atoms with van der Waals surface area (Å²) in [6, 6.07) is 10.3. The number of amides is 1. The Hall–Kier alpha value is -2.07. The van der Waals surface area contributed by atoms with Crippen LogP contribution in [-0.2, 0) is 0 Å². The van der Waals surface area contributed by atoms with Gasteiger partial charge in [0, 0.05) is 29.7 Å². The number of benzene rings is 1. The third kappa shape index (κ3) is 3.04. The van der Waals surface area contributed by atoms with Gasteiger partial charge in [-0.15, -0.1) is 0 Å². The quantitative estimate of drug-likeness (QED) is 0.892. The molecule has 1 amide bonds. The van der Waals surface area contributed by atoms with Crippen LogP contribution in [0.15, 0.2) is 30.3 Å². The molecule has 3 rings (SSSR count). The van der Waals surface area contributed by atoms with Crippen LogP contribution in [0, 0.1) is 26.7 Å². The van der Waals surface area contributed by atoms with E-state index in [4.69, 9.17) is 5.73 Å². The summed E-state index contributed by atoms with van der Waals surface area (Å²) >= 11 is 0. The van der Waals surface area contributed by atoms with Crippen molar-refractivity contribution in [2.24, 2.45) is 11.7 Å². The molecular formula is C19H25N3O. The highest BCUT2D eigenvalue weighted by Gasteiger charge is 2.32. The predicted octanol–water partition coefficient (Wildman–Crippen LogP) is 2.87. The zero-order valence-electron chi connectivity index (χ0n) is 14.1. The van der Waals surface area contributed by atoms with E-state index in [0.29, 0.717) is 12.5 Å². The molecule has 122 valence electrons. The van der Waals surface area contributed by atoms with Crippen molar-refractivity contribution in [3.05, 3.63) is 52.8 Å². The Balaban J connectivity index is 1.91. The standard InChI is InChI=1S/C19H25N3O/c1-12-6-4-5-7-18(12)22-13(2)10-16(14(22)3)19(23)21-17(11-20)15-8-9-15/h4-7,10,15,17H,8-9,11,20H2,1-3H3,(H,21,23). The zero-order chi connectivity index (χ0) is 16.6. The average Bonchev–Trinajstić information content (AvgIpc) is 3.32. The zero-order valence-corrected chi connectivity index (χ0v) is 14.1. The van der Waals surface area contributed by atoms with Gasteiger partial charge in [-0.3, -0.25) is 4.79 Å². The van der Waals surface area contributed by atoms with E-state index in [-0.39, 0.29) is 11.9 Å². The third-order valence-corrected chi connectivity index (χ3v) is 4.79. The van der Waals surface area contributed by atoms with Crippen LogP contribution in [0.25, 0.3) is 5.69 Å². The number of para-hydroxylation sites is 1. The number of nitrogens with two attached hydrogens (primary N) is 1.